The molecule has 0 bridgehead atoms. The van der Waals surface area contributed by atoms with Gasteiger partial charge in [0.15, 0.2) is 29.1 Å². The fourth-order valence-electron chi connectivity index (χ4n) is 3.36. The number of carbonyl (C=O) groups excluding carboxylic acids is 2. The molecule has 0 saturated heterocycles. The van der Waals surface area contributed by atoms with Gasteiger partial charge in [-0.05, 0) is 48.0 Å². The number of ether oxygens (including phenoxy) is 2. The largest absolute Gasteiger partial charge is 0.493 e. The van der Waals surface area contributed by atoms with Crippen molar-refractivity contribution in [1.82, 2.24) is 20.2 Å². The molecule has 0 aliphatic heterocycles. The van der Waals surface area contributed by atoms with Crippen LogP contribution >= 0.6 is 27.7 Å². The van der Waals surface area contributed by atoms with Crippen molar-refractivity contribution < 1.29 is 19.1 Å². The average molecular weight is 595 g/mol. The lowest BCUT2D eigenvalue weighted by Gasteiger charge is -2.10. The van der Waals surface area contributed by atoms with E-state index in [1.165, 1.54) is 25.1 Å². The SMILES string of the molecule is COc1cc(/C=N/NC(=O)CSc2nnc(-c3cccc(Br)c3)n2-c2ccccc2)ccc1OCC(N)=O. The molecular formula is C26H23BrN6O4S. The summed E-state index contributed by atoms with van der Waals surface area (Å²) in [6, 6.07) is 22.5. The number of para-hydroxylation sites is 1. The lowest BCUT2D eigenvalue weighted by molar-refractivity contribution is -0.120. The van der Waals surface area contributed by atoms with Gasteiger partial charge in [-0.15, -0.1) is 10.2 Å². The van der Waals surface area contributed by atoms with Crippen molar-refractivity contribution in [2.24, 2.45) is 10.8 Å². The highest BCUT2D eigenvalue weighted by Gasteiger charge is 2.17. The molecule has 10 nitrogen and oxygen atoms in total. The molecule has 0 atom stereocenters. The Balaban J connectivity index is 1.43. The first-order chi connectivity index (χ1) is 18.4. The molecule has 2 amide bonds. The number of halogens is 1. The first kappa shape index (κ1) is 26.9. The monoisotopic (exact) mass is 594 g/mol. The third-order valence-corrected chi connectivity index (χ3v) is 6.45. The summed E-state index contributed by atoms with van der Waals surface area (Å²) in [5.41, 5.74) is 10.0. The van der Waals surface area contributed by atoms with Crippen LogP contribution in [-0.4, -0.2) is 52.3 Å². The number of hydrogen-bond acceptors (Lipinski definition) is 8. The Bertz CT molecular complexity index is 1460. The van der Waals surface area contributed by atoms with Gasteiger partial charge < -0.3 is 15.2 Å². The van der Waals surface area contributed by atoms with Crippen molar-refractivity contribution in [3.8, 4) is 28.6 Å². The number of benzene rings is 3. The third kappa shape index (κ3) is 6.99. The molecule has 0 unspecified atom stereocenters. The molecule has 1 heterocycles. The van der Waals surface area contributed by atoms with E-state index in [-0.39, 0.29) is 18.3 Å². The maximum atomic E-state index is 12.5. The third-order valence-electron chi connectivity index (χ3n) is 5.02. The van der Waals surface area contributed by atoms with Crippen molar-refractivity contribution in [1.29, 1.82) is 0 Å². The second-order valence-electron chi connectivity index (χ2n) is 7.73. The smallest absolute Gasteiger partial charge is 0.255 e. The highest BCUT2D eigenvalue weighted by Crippen LogP contribution is 2.29. The molecule has 4 rings (SSSR count). The number of aromatic nitrogens is 3. The normalized spacial score (nSPS) is 10.9. The number of methoxy groups -OCH3 is 1. The molecule has 3 N–H and O–H groups in total. The number of nitrogens with two attached hydrogens (primary N) is 1. The Morgan fingerprint density at radius 1 is 1.08 bits per heavy atom. The Morgan fingerprint density at radius 3 is 2.63 bits per heavy atom. The molecule has 3 aromatic carbocycles. The summed E-state index contributed by atoms with van der Waals surface area (Å²) in [5, 5.41) is 13.3. The average Bonchev–Trinajstić information content (AvgIpc) is 3.35. The molecule has 0 spiro atoms. The fraction of sp³-hybridized carbons (Fsp3) is 0.115. The second-order valence-corrected chi connectivity index (χ2v) is 9.59. The minimum absolute atomic E-state index is 0.0734. The topological polar surface area (TPSA) is 134 Å². The maximum absolute atomic E-state index is 12.5. The summed E-state index contributed by atoms with van der Waals surface area (Å²) in [5.74, 6) is 0.600. The van der Waals surface area contributed by atoms with Crippen LogP contribution in [0.5, 0.6) is 11.5 Å². The van der Waals surface area contributed by atoms with Crippen molar-refractivity contribution in [3.05, 3.63) is 82.8 Å². The Morgan fingerprint density at radius 2 is 1.89 bits per heavy atom. The lowest BCUT2D eigenvalue weighted by atomic mass is 10.2. The van der Waals surface area contributed by atoms with E-state index in [4.69, 9.17) is 15.2 Å². The predicted molar refractivity (Wildman–Crippen MR) is 149 cm³/mol. The number of carbonyl (C=O) groups is 2. The van der Waals surface area contributed by atoms with Gasteiger partial charge in [0.05, 0.1) is 19.1 Å². The van der Waals surface area contributed by atoms with Crippen molar-refractivity contribution in [2.45, 2.75) is 5.16 Å². The van der Waals surface area contributed by atoms with E-state index in [9.17, 15) is 9.59 Å². The Labute approximate surface area is 231 Å². The van der Waals surface area contributed by atoms with Crippen LogP contribution in [0.3, 0.4) is 0 Å². The highest BCUT2D eigenvalue weighted by molar-refractivity contribution is 9.10. The molecule has 4 aromatic rings. The van der Waals surface area contributed by atoms with Gasteiger partial charge >= 0.3 is 0 Å². The molecule has 0 saturated carbocycles. The summed E-state index contributed by atoms with van der Waals surface area (Å²) >= 11 is 4.75. The van der Waals surface area contributed by atoms with Crippen LogP contribution in [0.2, 0.25) is 0 Å². The molecule has 38 heavy (non-hydrogen) atoms. The molecule has 0 radical (unpaired) electrons. The van der Waals surface area contributed by atoms with Crippen molar-refractivity contribution in [3.63, 3.8) is 0 Å². The molecule has 194 valence electrons. The van der Waals surface area contributed by atoms with Crippen LogP contribution in [0.25, 0.3) is 17.1 Å². The number of amides is 2. The summed E-state index contributed by atoms with van der Waals surface area (Å²) in [6.45, 7) is -0.264. The van der Waals surface area contributed by atoms with Gasteiger partial charge in [0.1, 0.15) is 0 Å². The van der Waals surface area contributed by atoms with Gasteiger partial charge in [-0.2, -0.15) is 5.10 Å². The fourth-order valence-corrected chi connectivity index (χ4v) is 4.51. The number of primary amides is 1. The van der Waals surface area contributed by atoms with E-state index in [1.54, 1.807) is 18.2 Å². The Hall–Kier alpha value is -4.16. The zero-order chi connectivity index (χ0) is 26.9. The van der Waals surface area contributed by atoms with E-state index in [2.05, 4.69) is 36.7 Å². The van der Waals surface area contributed by atoms with Crippen LogP contribution in [-0.2, 0) is 9.59 Å². The molecule has 12 heteroatoms. The maximum Gasteiger partial charge on any atom is 0.255 e. The molecule has 0 aliphatic carbocycles. The lowest BCUT2D eigenvalue weighted by Crippen LogP contribution is -2.20. The van der Waals surface area contributed by atoms with Gasteiger partial charge in [0, 0.05) is 15.7 Å². The first-order valence-corrected chi connectivity index (χ1v) is 13.0. The van der Waals surface area contributed by atoms with Crippen molar-refractivity contribution in [2.75, 3.05) is 19.5 Å². The van der Waals surface area contributed by atoms with Gasteiger partial charge in [0.2, 0.25) is 0 Å². The Kier molecular flexibility index (Phi) is 9.11. The minimum Gasteiger partial charge on any atom is -0.493 e. The van der Waals surface area contributed by atoms with Gasteiger partial charge in [0.25, 0.3) is 11.8 Å². The standard InChI is InChI=1S/C26H23BrN6O4S/c1-36-22-12-17(10-11-21(22)37-15-23(28)34)14-29-30-24(35)16-38-26-32-31-25(18-6-5-7-19(27)13-18)33(26)20-8-3-2-4-9-20/h2-14H,15-16H2,1H3,(H2,28,34)(H,30,35)/b29-14+. The first-order valence-electron chi connectivity index (χ1n) is 11.2. The molecule has 0 aliphatic rings. The van der Waals surface area contributed by atoms with E-state index in [0.717, 1.165) is 15.7 Å². The second kappa shape index (κ2) is 12.9. The number of thioether (sulfide) groups is 1. The van der Waals surface area contributed by atoms with Gasteiger partial charge in [-0.25, -0.2) is 5.43 Å². The van der Waals surface area contributed by atoms with E-state index >= 15 is 0 Å². The predicted octanol–water partition coefficient (Wildman–Crippen LogP) is 3.81. The molecular weight excluding hydrogens is 572 g/mol. The summed E-state index contributed by atoms with van der Waals surface area (Å²) in [4.78, 5) is 23.4. The van der Waals surface area contributed by atoms with Crippen LogP contribution in [0.1, 0.15) is 5.56 Å². The number of hydrogen-bond donors (Lipinski definition) is 2. The number of nitrogens with one attached hydrogen (secondary N) is 1. The zero-order valence-electron chi connectivity index (χ0n) is 20.2. The summed E-state index contributed by atoms with van der Waals surface area (Å²) < 4.78 is 13.4. The molecule has 0 fully saturated rings. The summed E-state index contributed by atoms with van der Waals surface area (Å²) in [7, 11) is 1.47. The van der Waals surface area contributed by atoms with Crippen molar-refractivity contribution >= 4 is 45.7 Å². The van der Waals surface area contributed by atoms with E-state index in [0.29, 0.717) is 28.0 Å². The number of nitrogens with zero attached hydrogens (tertiary/aromatic N) is 4. The quantitative estimate of drug-likeness (QED) is 0.153. The van der Waals surface area contributed by atoms with Crippen LogP contribution in [0.4, 0.5) is 0 Å². The number of rotatable bonds is 11. The number of hydrazone groups is 1. The van der Waals surface area contributed by atoms with E-state index in [1.807, 2.05) is 59.2 Å². The highest BCUT2D eigenvalue weighted by atomic mass is 79.9. The van der Waals surface area contributed by atoms with Gasteiger partial charge in [-0.1, -0.05) is 58.0 Å². The van der Waals surface area contributed by atoms with E-state index < -0.39 is 5.91 Å². The van der Waals surface area contributed by atoms with Crippen LogP contribution in [0.15, 0.2) is 87.5 Å². The zero-order valence-corrected chi connectivity index (χ0v) is 22.6. The van der Waals surface area contributed by atoms with Crippen LogP contribution in [0, 0.1) is 0 Å². The minimum atomic E-state index is -0.593. The van der Waals surface area contributed by atoms with Crippen LogP contribution < -0.4 is 20.6 Å². The summed E-state index contributed by atoms with van der Waals surface area (Å²) in [6.07, 6.45) is 1.47. The molecule has 1 aromatic heterocycles. The van der Waals surface area contributed by atoms with Gasteiger partial charge in [-0.3, -0.25) is 14.2 Å².